The van der Waals surface area contributed by atoms with Crippen molar-refractivity contribution in [1.82, 2.24) is 10.6 Å². The summed E-state index contributed by atoms with van der Waals surface area (Å²) < 4.78 is 5.66. The number of nitrogens with zero attached hydrogens (tertiary/aromatic N) is 1. The zero-order valence-electron chi connectivity index (χ0n) is 10.6. The summed E-state index contributed by atoms with van der Waals surface area (Å²) in [7, 11) is 0. The molecule has 0 atom stereocenters. The van der Waals surface area contributed by atoms with Gasteiger partial charge in [-0.15, -0.1) is 0 Å². The molecular weight excluding hydrogens is 312 g/mol. The van der Waals surface area contributed by atoms with E-state index in [4.69, 9.17) is 25.7 Å². The Labute approximate surface area is 129 Å². The molecule has 0 aliphatic carbocycles. The Bertz CT molecular complexity index is 821. The highest BCUT2D eigenvalue weighted by Gasteiger charge is 2.14. The molecule has 1 aliphatic rings. The van der Waals surface area contributed by atoms with E-state index in [9.17, 15) is 0 Å². The number of fused-ring (bicyclic) bond motifs is 2. The maximum absolute atomic E-state index is 5.93. The lowest BCUT2D eigenvalue weighted by Gasteiger charge is -1.99. The van der Waals surface area contributed by atoms with E-state index in [1.807, 2.05) is 24.3 Å². The van der Waals surface area contributed by atoms with Crippen LogP contribution in [-0.2, 0) is 5.75 Å². The second-order valence-corrected chi connectivity index (χ2v) is 5.81. The van der Waals surface area contributed by atoms with E-state index in [0.717, 1.165) is 16.8 Å². The Balaban J connectivity index is 1.52. The highest BCUT2D eigenvalue weighted by Crippen LogP contribution is 2.33. The van der Waals surface area contributed by atoms with Gasteiger partial charge < -0.3 is 14.1 Å². The fourth-order valence-electron chi connectivity index (χ4n) is 2.00. The van der Waals surface area contributed by atoms with Gasteiger partial charge in [0.15, 0.2) is 17.1 Å². The lowest BCUT2D eigenvalue weighted by molar-refractivity contribution is 0.0259. The van der Waals surface area contributed by atoms with E-state index in [2.05, 4.69) is 10.6 Å². The Kier molecular flexibility index (Phi) is 3.14. The molecule has 1 aliphatic heterocycles. The number of benzene rings is 2. The summed E-state index contributed by atoms with van der Waals surface area (Å²) in [5, 5.41) is 1.25. The highest BCUT2D eigenvalue weighted by atomic mass is 35.5. The van der Waals surface area contributed by atoms with Crippen molar-refractivity contribution in [2.75, 3.05) is 0 Å². The number of hydrogen-bond acceptors (Lipinski definition) is 6. The summed E-state index contributed by atoms with van der Waals surface area (Å²) in [6.07, 6.45) is 0. The van der Waals surface area contributed by atoms with Crippen molar-refractivity contribution in [2.45, 2.75) is 11.0 Å². The molecule has 0 radical (unpaired) electrons. The molecule has 0 saturated heterocycles. The van der Waals surface area contributed by atoms with Crippen molar-refractivity contribution in [3.63, 3.8) is 0 Å². The molecule has 0 spiro atoms. The minimum atomic E-state index is 0.614. The van der Waals surface area contributed by atoms with Gasteiger partial charge in [0.25, 0.3) is 5.22 Å². The van der Waals surface area contributed by atoms with E-state index in [0.29, 0.717) is 27.3 Å². The van der Waals surface area contributed by atoms with Crippen molar-refractivity contribution < 1.29 is 14.1 Å². The standard InChI is InChI=1S/C14H9ClN2O3S/c15-9-2-3-10-12(6-9)18-14(16-10)21-7-8-1-4-11-13(5-8)20-17-19-11/h1-6,17H,7H2. The molecule has 1 aromatic heterocycles. The number of nitrogens with one attached hydrogen (secondary N) is 1. The fraction of sp³-hybridized carbons (Fsp3) is 0.0714. The molecule has 0 unspecified atom stereocenters. The normalized spacial score (nSPS) is 13.0. The molecular formula is C14H9ClN2O3S. The first-order valence-corrected chi connectivity index (χ1v) is 7.55. The van der Waals surface area contributed by atoms with Crippen LogP contribution in [-0.4, -0.2) is 4.98 Å². The predicted molar refractivity (Wildman–Crippen MR) is 79.4 cm³/mol. The maximum atomic E-state index is 5.93. The van der Waals surface area contributed by atoms with Crippen LogP contribution in [0.15, 0.2) is 46.0 Å². The molecule has 0 fully saturated rings. The third-order valence-electron chi connectivity index (χ3n) is 3.00. The van der Waals surface area contributed by atoms with Crippen LogP contribution in [0.5, 0.6) is 11.5 Å². The van der Waals surface area contributed by atoms with Crippen LogP contribution in [0.2, 0.25) is 5.02 Å². The van der Waals surface area contributed by atoms with E-state index in [1.54, 1.807) is 12.1 Å². The third kappa shape index (κ3) is 2.53. The summed E-state index contributed by atoms with van der Waals surface area (Å²) in [4.78, 5) is 14.6. The molecule has 21 heavy (non-hydrogen) atoms. The minimum absolute atomic E-state index is 0.614. The van der Waals surface area contributed by atoms with Crippen molar-refractivity contribution in [3.05, 3.63) is 47.0 Å². The van der Waals surface area contributed by atoms with Gasteiger partial charge in [0.1, 0.15) is 5.52 Å². The van der Waals surface area contributed by atoms with Gasteiger partial charge in [0.05, 0.1) is 0 Å². The molecule has 0 amide bonds. The van der Waals surface area contributed by atoms with Crippen LogP contribution in [0.25, 0.3) is 11.1 Å². The van der Waals surface area contributed by atoms with Crippen LogP contribution >= 0.6 is 23.4 Å². The van der Waals surface area contributed by atoms with Crippen molar-refractivity contribution in [2.24, 2.45) is 0 Å². The first-order valence-electron chi connectivity index (χ1n) is 6.18. The number of hydrogen-bond donors (Lipinski definition) is 1. The Morgan fingerprint density at radius 3 is 2.95 bits per heavy atom. The van der Waals surface area contributed by atoms with Gasteiger partial charge in [-0.05, 0) is 29.8 Å². The first-order chi connectivity index (χ1) is 10.3. The Morgan fingerprint density at radius 2 is 2.00 bits per heavy atom. The lowest BCUT2D eigenvalue weighted by Crippen LogP contribution is -2.14. The zero-order chi connectivity index (χ0) is 14.2. The van der Waals surface area contributed by atoms with Crippen LogP contribution in [0.4, 0.5) is 0 Å². The molecule has 3 aromatic rings. The van der Waals surface area contributed by atoms with Gasteiger partial charge in [-0.25, -0.2) is 4.98 Å². The third-order valence-corrected chi connectivity index (χ3v) is 4.14. The van der Waals surface area contributed by atoms with Gasteiger partial charge in [-0.1, -0.05) is 29.4 Å². The molecule has 0 bridgehead atoms. The van der Waals surface area contributed by atoms with Crippen LogP contribution in [0, 0.1) is 0 Å². The van der Waals surface area contributed by atoms with Crippen molar-refractivity contribution in [3.8, 4) is 11.5 Å². The molecule has 106 valence electrons. The summed E-state index contributed by atoms with van der Waals surface area (Å²) in [6, 6.07) is 11.2. The van der Waals surface area contributed by atoms with Crippen LogP contribution < -0.4 is 15.3 Å². The lowest BCUT2D eigenvalue weighted by atomic mass is 10.2. The van der Waals surface area contributed by atoms with Gasteiger partial charge in [-0.3, -0.25) is 0 Å². The van der Waals surface area contributed by atoms with Gasteiger partial charge in [0, 0.05) is 22.5 Å². The largest absolute Gasteiger partial charge is 0.431 e. The highest BCUT2D eigenvalue weighted by molar-refractivity contribution is 7.98. The maximum Gasteiger partial charge on any atom is 0.257 e. The molecule has 2 aromatic carbocycles. The molecule has 4 rings (SSSR count). The second-order valence-electron chi connectivity index (χ2n) is 4.45. The molecule has 0 saturated carbocycles. The number of halogens is 1. The molecule has 5 nitrogen and oxygen atoms in total. The average Bonchev–Trinajstić information content (AvgIpc) is 3.09. The number of thioether (sulfide) groups is 1. The van der Waals surface area contributed by atoms with Gasteiger partial charge >= 0.3 is 0 Å². The van der Waals surface area contributed by atoms with E-state index >= 15 is 0 Å². The molecule has 7 heteroatoms. The second kappa shape index (κ2) is 5.14. The number of rotatable bonds is 3. The van der Waals surface area contributed by atoms with E-state index < -0.39 is 0 Å². The Hall–Kier alpha value is -1.89. The smallest absolute Gasteiger partial charge is 0.257 e. The van der Waals surface area contributed by atoms with Gasteiger partial charge in [0.2, 0.25) is 0 Å². The van der Waals surface area contributed by atoms with Crippen LogP contribution in [0.1, 0.15) is 5.56 Å². The zero-order valence-corrected chi connectivity index (χ0v) is 12.2. The quantitative estimate of drug-likeness (QED) is 0.737. The monoisotopic (exact) mass is 320 g/mol. The van der Waals surface area contributed by atoms with E-state index in [-0.39, 0.29) is 0 Å². The summed E-state index contributed by atoms with van der Waals surface area (Å²) in [5.74, 6) is 2.08. The SMILES string of the molecule is Clc1ccc2nc(SCc3ccc4c(c3)ONO4)oc2c1. The van der Waals surface area contributed by atoms with Crippen molar-refractivity contribution >= 4 is 34.5 Å². The molecule has 2 heterocycles. The summed E-state index contributed by atoms with van der Waals surface area (Å²) in [5.41, 5.74) is 4.95. The van der Waals surface area contributed by atoms with E-state index in [1.165, 1.54) is 11.8 Å². The number of aromatic nitrogens is 1. The fourth-order valence-corrected chi connectivity index (χ4v) is 2.94. The predicted octanol–water partition coefficient (Wildman–Crippen LogP) is 3.96. The number of oxazole rings is 1. The topological polar surface area (TPSA) is 56.5 Å². The summed E-state index contributed by atoms with van der Waals surface area (Å²) >= 11 is 7.44. The molecule has 1 N–H and O–H groups in total. The van der Waals surface area contributed by atoms with Crippen LogP contribution in [0.3, 0.4) is 0 Å². The van der Waals surface area contributed by atoms with Gasteiger partial charge in [-0.2, -0.15) is 0 Å². The Morgan fingerprint density at radius 1 is 1.10 bits per heavy atom. The average molecular weight is 321 g/mol. The van der Waals surface area contributed by atoms with Crippen molar-refractivity contribution in [1.29, 1.82) is 0 Å². The minimum Gasteiger partial charge on any atom is -0.431 e. The first kappa shape index (κ1) is 12.8. The summed E-state index contributed by atoms with van der Waals surface area (Å²) in [6.45, 7) is 0.